The van der Waals surface area contributed by atoms with Gasteiger partial charge in [-0.3, -0.25) is 0 Å². The second-order valence-electron chi connectivity index (χ2n) is 15.6. The number of fused-ring (bicyclic) bond motifs is 6. The van der Waals surface area contributed by atoms with Crippen LogP contribution in [0, 0.1) is 0 Å². The summed E-state index contributed by atoms with van der Waals surface area (Å²) in [6, 6.07) is 67.8. The third-order valence-corrected chi connectivity index (χ3v) is 11.7. The Bertz CT molecular complexity index is 3120. The van der Waals surface area contributed by atoms with Gasteiger partial charge in [-0.15, -0.1) is 0 Å². The molecule has 59 heavy (non-hydrogen) atoms. The Morgan fingerprint density at radius 2 is 0.949 bits per heavy atom. The molecule has 0 N–H and O–H groups in total. The van der Waals surface area contributed by atoms with Crippen LogP contribution in [0.2, 0.25) is 0 Å². The van der Waals surface area contributed by atoms with Gasteiger partial charge in [-0.1, -0.05) is 172 Å². The quantitative estimate of drug-likeness (QED) is 0.162. The van der Waals surface area contributed by atoms with Crippen LogP contribution in [0.1, 0.15) is 25.0 Å². The maximum absolute atomic E-state index is 7.01. The number of furan rings is 1. The van der Waals surface area contributed by atoms with Gasteiger partial charge in [-0.05, 0) is 69.8 Å². The smallest absolute Gasteiger partial charge is 0.164 e. The molecule has 5 heteroatoms. The zero-order valence-electron chi connectivity index (χ0n) is 32.7. The minimum Gasteiger partial charge on any atom is -0.454 e. The van der Waals surface area contributed by atoms with Gasteiger partial charge in [0, 0.05) is 38.6 Å². The maximum Gasteiger partial charge on any atom is 0.164 e. The standard InChI is InChI=1S/C54H38N4O/c1-54(2)45-25-13-12-22-41(45)43-23-14-26-46(49(43)54)58(40-31-28-36(29-32-40)35-16-6-3-7-17-35)47-27-15-24-44-42-33-30-39(34-48(42)59-50(44)47)53-56-51(37-18-8-4-9-19-37)55-52(57-53)38-20-10-5-11-21-38/h3-34H,1-2H3. The van der Waals surface area contributed by atoms with Crippen molar-refractivity contribution in [3.8, 4) is 56.4 Å². The van der Waals surface area contributed by atoms with E-state index in [1.165, 1.54) is 33.4 Å². The molecule has 0 spiro atoms. The van der Waals surface area contributed by atoms with Gasteiger partial charge in [-0.25, -0.2) is 15.0 Å². The third kappa shape index (κ3) is 5.81. The zero-order valence-corrected chi connectivity index (χ0v) is 32.7. The molecule has 8 aromatic carbocycles. The lowest BCUT2D eigenvalue weighted by Gasteiger charge is -2.32. The molecule has 0 aliphatic heterocycles. The summed E-state index contributed by atoms with van der Waals surface area (Å²) in [6.07, 6.45) is 0. The molecule has 0 radical (unpaired) electrons. The first-order valence-corrected chi connectivity index (χ1v) is 20.0. The summed E-state index contributed by atoms with van der Waals surface area (Å²) in [6.45, 7) is 4.68. The highest BCUT2D eigenvalue weighted by molar-refractivity contribution is 6.11. The molecule has 280 valence electrons. The molecule has 0 atom stereocenters. The summed E-state index contributed by atoms with van der Waals surface area (Å²) in [5.74, 6) is 1.83. The third-order valence-electron chi connectivity index (χ3n) is 11.7. The maximum atomic E-state index is 7.01. The van der Waals surface area contributed by atoms with Crippen LogP contribution < -0.4 is 4.90 Å². The van der Waals surface area contributed by atoms with Crippen molar-refractivity contribution >= 4 is 39.0 Å². The SMILES string of the molecule is CC1(C)c2ccccc2-c2cccc(N(c3ccc(-c4ccccc4)cc3)c3cccc4c3oc3cc(-c5nc(-c6ccccc6)nc(-c6ccccc6)n5)ccc34)c21. The van der Waals surface area contributed by atoms with E-state index in [4.69, 9.17) is 19.4 Å². The van der Waals surface area contributed by atoms with Crippen LogP contribution in [0.3, 0.4) is 0 Å². The molecule has 1 aliphatic rings. The topological polar surface area (TPSA) is 55.1 Å². The molecule has 0 amide bonds. The first-order chi connectivity index (χ1) is 29.0. The molecular formula is C54H38N4O. The molecule has 10 aromatic rings. The number of nitrogens with zero attached hydrogens (tertiary/aromatic N) is 4. The molecule has 11 rings (SSSR count). The van der Waals surface area contributed by atoms with Crippen LogP contribution in [-0.2, 0) is 5.41 Å². The van der Waals surface area contributed by atoms with Crippen molar-refractivity contribution in [3.63, 3.8) is 0 Å². The monoisotopic (exact) mass is 758 g/mol. The molecule has 0 saturated heterocycles. The summed E-state index contributed by atoms with van der Waals surface area (Å²) in [7, 11) is 0. The highest BCUT2D eigenvalue weighted by Gasteiger charge is 2.39. The average molecular weight is 759 g/mol. The van der Waals surface area contributed by atoms with Crippen LogP contribution >= 0.6 is 0 Å². The Balaban J connectivity index is 1.09. The van der Waals surface area contributed by atoms with E-state index < -0.39 is 0 Å². The highest BCUT2D eigenvalue weighted by Crippen LogP contribution is 2.55. The normalized spacial score (nSPS) is 12.7. The highest BCUT2D eigenvalue weighted by atomic mass is 16.3. The van der Waals surface area contributed by atoms with Crippen LogP contribution in [0.4, 0.5) is 17.1 Å². The first-order valence-electron chi connectivity index (χ1n) is 20.0. The Morgan fingerprint density at radius 3 is 1.63 bits per heavy atom. The summed E-state index contributed by atoms with van der Waals surface area (Å²) < 4.78 is 7.01. The van der Waals surface area contributed by atoms with Crippen molar-refractivity contribution < 1.29 is 4.42 Å². The van der Waals surface area contributed by atoms with E-state index in [9.17, 15) is 0 Å². The molecule has 1 aliphatic carbocycles. The lowest BCUT2D eigenvalue weighted by molar-refractivity contribution is 0.659. The van der Waals surface area contributed by atoms with Crippen molar-refractivity contribution in [3.05, 3.63) is 205 Å². The van der Waals surface area contributed by atoms with E-state index in [0.29, 0.717) is 17.5 Å². The fraction of sp³-hybridized carbons (Fsp3) is 0.0556. The van der Waals surface area contributed by atoms with Crippen molar-refractivity contribution in [2.24, 2.45) is 0 Å². The molecular weight excluding hydrogens is 721 g/mol. The number of aromatic nitrogens is 3. The Labute approximate surface area is 342 Å². The van der Waals surface area contributed by atoms with E-state index in [2.05, 4.69) is 152 Å². The zero-order chi connectivity index (χ0) is 39.5. The van der Waals surface area contributed by atoms with Crippen LogP contribution in [0.25, 0.3) is 78.4 Å². The van der Waals surface area contributed by atoms with Gasteiger partial charge in [-0.2, -0.15) is 0 Å². The predicted molar refractivity (Wildman–Crippen MR) is 241 cm³/mol. The lowest BCUT2D eigenvalue weighted by atomic mass is 9.81. The minimum absolute atomic E-state index is 0.233. The fourth-order valence-corrected chi connectivity index (χ4v) is 8.88. The summed E-state index contributed by atoms with van der Waals surface area (Å²) >= 11 is 0. The molecule has 5 nitrogen and oxygen atoms in total. The number of hydrogen-bond donors (Lipinski definition) is 0. The largest absolute Gasteiger partial charge is 0.454 e. The van der Waals surface area contributed by atoms with Crippen molar-refractivity contribution in [2.75, 3.05) is 4.90 Å². The number of hydrogen-bond acceptors (Lipinski definition) is 5. The summed E-state index contributed by atoms with van der Waals surface area (Å²) in [5.41, 5.74) is 14.7. The van der Waals surface area contributed by atoms with E-state index in [0.717, 1.165) is 55.7 Å². The van der Waals surface area contributed by atoms with Crippen molar-refractivity contribution in [1.82, 2.24) is 15.0 Å². The Morgan fingerprint density at radius 1 is 0.424 bits per heavy atom. The van der Waals surface area contributed by atoms with E-state index >= 15 is 0 Å². The van der Waals surface area contributed by atoms with Crippen LogP contribution in [-0.4, -0.2) is 15.0 Å². The van der Waals surface area contributed by atoms with Gasteiger partial charge in [0.1, 0.15) is 5.58 Å². The second kappa shape index (κ2) is 13.8. The van der Waals surface area contributed by atoms with Gasteiger partial charge in [0.05, 0.1) is 11.4 Å². The number of benzene rings is 8. The van der Waals surface area contributed by atoms with Crippen molar-refractivity contribution in [1.29, 1.82) is 0 Å². The number of anilines is 3. The lowest BCUT2D eigenvalue weighted by Crippen LogP contribution is -2.20. The van der Waals surface area contributed by atoms with Gasteiger partial charge in [0.25, 0.3) is 0 Å². The molecule has 0 fully saturated rings. The van der Waals surface area contributed by atoms with Crippen molar-refractivity contribution in [2.45, 2.75) is 19.3 Å². The second-order valence-corrected chi connectivity index (χ2v) is 15.6. The van der Waals surface area contributed by atoms with Gasteiger partial charge in [0.15, 0.2) is 23.1 Å². The van der Waals surface area contributed by atoms with E-state index in [-0.39, 0.29) is 5.41 Å². The minimum atomic E-state index is -0.233. The van der Waals surface area contributed by atoms with Gasteiger partial charge < -0.3 is 9.32 Å². The summed E-state index contributed by atoms with van der Waals surface area (Å²) in [5, 5.41) is 2.06. The molecule has 0 saturated carbocycles. The first kappa shape index (κ1) is 34.6. The summed E-state index contributed by atoms with van der Waals surface area (Å²) in [4.78, 5) is 17.3. The Kier molecular flexibility index (Phi) is 8.09. The predicted octanol–water partition coefficient (Wildman–Crippen LogP) is 14.2. The van der Waals surface area contributed by atoms with Crippen LogP contribution in [0.5, 0.6) is 0 Å². The molecule has 0 unspecified atom stereocenters. The van der Waals surface area contributed by atoms with Gasteiger partial charge >= 0.3 is 0 Å². The average Bonchev–Trinajstić information content (AvgIpc) is 3.79. The molecule has 0 bridgehead atoms. The Hall–Kier alpha value is -7.63. The van der Waals surface area contributed by atoms with E-state index in [1.807, 2.05) is 60.7 Å². The fourth-order valence-electron chi connectivity index (χ4n) is 8.88. The number of rotatable bonds is 7. The molecule has 2 aromatic heterocycles. The van der Waals surface area contributed by atoms with Crippen LogP contribution in [0.15, 0.2) is 199 Å². The number of para-hydroxylation sites is 1. The van der Waals surface area contributed by atoms with E-state index in [1.54, 1.807) is 0 Å². The molecule has 2 heterocycles. The van der Waals surface area contributed by atoms with Gasteiger partial charge in [0.2, 0.25) is 0 Å².